The predicted molar refractivity (Wildman–Crippen MR) is 67.8 cm³/mol. The summed E-state index contributed by atoms with van der Waals surface area (Å²) in [5.74, 6) is -2.49. The van der Waals surface area contributed by atoms with E-state index in [2.05, 4.69) is 0 Å². The van der Waals surface area contributed by atoms with Crippen LogP contribution < -0.4 is 0 Å². The second-order valence-electron chi connectivity index (χ2n) is 5.45. The first-order valence-electron chi connectivity index (χ1n) is 6.58. The SMILES string of the molecule is Cc1ccc(CC(O)C2CCC(F)(F)CC2)cc1. The normalized spacial score (nSPS) is 21.8. The molecule has 0 saturated heterocycles. The maximum atomic E-state index is 13.0. The second-order valence-corrected chi connectivity index (χ2v) is 5.45. The molecule has 1 nitrogen and oxygen atoms in total. The van der Waals surface area contributed by atoms with Gasteiger partial charge in [-0.1, -0.05) is 29.8 Å². The summed E-state index contributed by atoms with van der Waals surface area (Å²) < 4.78 is 26.1. The minimum absolute atomic E-state index is 0.0194. The molecule has 1 fully saturated rings. The highest BCUT2D eigenvalue weighted by Gasteiger charge is 2.37. The summed E-state index contributed by atoms with van der Waals surface area (Å²) in [5.41, 5.74) is 2.26. The lowest BCUT2D eigenvalue weighted by molar-refractivity contribution is -0.0619. The lowest BCUT2D eigenvalue weighted by Crippen LogP contribution is -2.32. The minimum Gasteiger partial charge on any atom is -0.392 e. The average molecular weight is 254 g/mol. The van der Waals surface area contributed by atoms with Crippen LogP contribution in [0.3, 0.4) is 0 Å². The summed E-state index contributed by atoms with van der Waals surface area (Å²) in [7, 11) is 0. The molecule has 100 valence electrons. The summed E-state index contributed by atoms with van der Waals surface area (Å²) in [4.78, 5) is 0. The Balaban J connectivity index is 1.89. The third-order valence-corrected chi connectivity index (χ3v) is 3.87. The Kier molecular flexibility index (Phi) is 4.00. The molecule has 18 heavy (non-hydrogen) atoms. The second kappa shape index (κ2) is 5.35. The van der Waals surface area contributed by atoms with Crippen LogP contribution in [0, 0.1) is 12.8 Å². The summed E-state index contributed by atoms with van der Waals surface area (Å²) in [6, 6.07) is 8.01. The van der Waals surface area contributed by atoms with Gasteiger partial charge in [-0.2, -0.15) is 0 Å². The standard InChI is InChI=1S/C15H20F2O/c1-11-2-4-12(5-3-11)10-14(18)13-6-8-15(16,17)9-7-13/h2-5,13-14,18H,6-10H2,1H3. The van der Waals surface area contributed by atoms with Crippen molar-refractivity contribution in [2.45, 2.75) is 51.1 Å². The van der Waals surface area contributed by atoms with E-state index >= 15 is 0 Å². The van der Waals surface area contributed by atoms with Crippen LogP contribution >= 0.6 is 0 Å². The molecule has 0 aliphatic heterocycles. The smallest absolute Gasteiger partial charge is 0.248 e. The summed E-state index contributed by atoms with van der Waals surface area (Å²) in [5, 5.41) is 10.1. The number of hydrogen-bond acceptors (Lipinski definition) is 1. The zero-order valence-corrected chi connectivity index (χ0v) is 10.7. The van der Waals surface area contributed by atoms with E-state index in [1.807, 2.05) is 31.2 Å². The molecule has 1 aliphatic rings. The molecule has 0 heterocycles. The Morgan fingerprint density at radius 2 is 1.78 bits per heavy atom. The summed E-state index contributed by atoms with van der Waals surface area (Å²) in [6.07, 6.45) is 0.769. The van der Waals surface area contributed by atoms with Gasteiger partial charge < -0.3 is 5.11 Å². The Morgan fingerprint density at radius 3 is 2.33 bits per heavy atom. The van der Waals surface area contributed by atoms with Crippen molar-refractivity contribution in [3.05, 3.63) is 35.4 Å². The van der Waals surface area contributed by atoms with Gasteiger partial charge in [-0.3, -0.25) is 0 Å². The highest BCUT2D eigenvalue weighted by molar-refractivity contribution is 5.21. The Labute approximate surface area is 107 Å². The maximum absolute atomic E-state index is 13.0. The van der Waals surface area contributed by atoms with Crippen LogP contribution in [-0.4, -0.2) is 17.1 Å². The Morgan fingerprint density at radius 1 is 1.22 bits per heavy atom. The van der Waals surface area contributed by atoms with Gasteiger partial charge in [0.2, 0.25) is 5.92 Å². The summed E-state index contributed by atoms with van der Waals surface area (Å²) in [6.45, 7) is 2.02. The average Bonchev–Trinajstić information content (AvgIpc) is 2.32. The fraction of sp³-hybridized carbons (Fsp3) is 0.600. The van der Waals surface area contributed by atoms with E-state index in [1.54, 1.807) is 0 Å². The molecule has 1 N–H and O–H groups in total. The number of benzene rings is 1. The Bertz CT molecular complexity index is 376. The number of aliphatic hydroxyl groups is 1. The fourth-order valence-electron chi connectivity index (χ4n) is 2.58. The first-order chi connectivity index (χ1) is 8.46. The zero-order chi connectivity index (χ0) is 13.2. The highest BCUT2D eigenvalue weighted by atomic mass is 19.3. The van der Waals surface area contributed by atoms with Gasteiger partial charge in [0.1, 0.15) is 0 Å². The molecule has 2 rings (SSSR count). The van der Waals surface area contributed by atoms with Crippen molar-refractivity contribution in [3.8, 4) is 0 Å². The van der Waals surface area contributed by atoms with Crippen LogP contribution in [-0.2, 0) is 6.42 Å². The van der Waals surface area contributed by atoms with Gasteiger partial charge in [0, 0.05) is 12.8 Å². The van der Waals surface area contributed by atoms with E-state index in [0.717, 1.165) is 5.56 Å². The van der Waals surface area contributed by atoms with Crippen LogP contribution in [0.5, 0.6) is 0 Å². The topological polar surface area (TPSA) is 20.2 Å². The van der Waals surface area contributed by atoms with Gasteiger partial charge in [0.15, 0.2) is 0 Å². The van der Waals surface area contributed by atoms with Crippen LogP contribution in [0.25, 0.3) is 0 Å². The van der Waals surface area contributed by atoms with Crippen molar-refractivity contribution in [2.75, 3.05) is 0 Å². The molecule has 0 radical (unpaired) electrons. The third-order valence-electron chi connectivity index (χ3n) is 3.87. The van der Waals surface area contributed by atoms with Crippen molar-refractivity contribution in [1.82, 2.24) is 0 Å². The molecule has 1 saturated carbocycles. The van der Waals surface area contributed by atoms with Crippen LogP contribution in [0.4, 0.5) is 8.78 Å². The van der Waals surface area contributed by atoms with Gasteiger partial charge in [-0.15, -0.1) is 0 Å². The van der Waals surface area contributed by atoms with Gasteiger partial charge in [0.25, 0.3) is 0 Å². The largest absolute Gasteiger partial charge is 0.392 e. The molecule has 3 heteroatoms. The predicted octanol–water partition coefficient (Wildman–Crippen LogP) is 3.72. The van der Waals surface area contributed by atoms with Crippen molar-refractivity contribution in [1.29, 1.82) is 0 Å². The third kappa shape index (κ3) is 3.52. The van der Waals surface area contributed by atoms with Crippen LogP contribution in [0.1, 0.15) is 36.8 Å². The van der Waals surface area contributed by atoms with E-state index in [9.17, 15) is 13.9 Å². The molecule has 1 unspecified atom stereocenters. The number of aryl methyl sites for hydroxylation is 1. The fourth-order valence-corrected chi connectivity index (χ4v) is 2.58. The van der Waals surface area contributed by atoms with Gasteiger partial charge in [-0.05, 0) is 37.7 Å². The molecular weight excluding hydrogens is 234 g/mol. The van der Waals surface area contributed by atoms with Gasteiger partial charge in [-0.25, -0.2) is 8.78 Å². The molecule has 0 spiro atoms. The lowest BCUT2D eigenvalue weighted by atomic mass is 9.81. The molecule has 1 aromatic rings. The number of hydrogen-bond donors (Lipinski definition) is 1. The van der Waals surface area contributed by atoms with Crippen LogP contribution in [0.2, 0.25) is 0 Å². The van der Waals surface area contributed by atoms with Gasteiger partial charge in [0.05, 0.1) is 6.10 Å². The van der Waals surface area contributed by atoms with E-state index in [-0.39, 0.29) is 18.8 Å². The number of rotatable bonds is 3. The molecule has 1 atom stereocenters. The number of aliphatic hydroxyl groups excluding tert-OH is 1. The maximum Gasteiger partial charge on any atom is 0.248 e. The lowest BCUT2D eigenvalue weighted by Gasteiger charge is -2.31. The molecule has 0 bridgehead atoms. The van der Waals surface area contributed by atoms with Crippen LogP contribution in [0.15, 0.2) is 24.3 Å². The number of alkyl halides is 2. The first kappa shape index (κ1) is 13.5. The Hall–Kier alpha value is -0.960. The van der Waals surface area contributed by atoms with E-state index < -0.39 is 12.0 Å². The van der Waals surface area contributed by atoms with Crippen molar-refractivity contribution in [2.24, 2.45) is 5.92 Å². The number of halogens is 2. The zero-order valence-electron chi connectivity index (χ0n) is 10.7. The molecule has 1 aliphatic carbocycles. The molecular formula is C15H20F2O. The monoisotopic (exact) mass is 254 g/mol. The molecule has 1 aromatic carbocycles. The first-order valence-corrected chi connectivity index (χ1v) is 6.58. The summed E-state index contributed by atoms with van der Waals surface area (Å²) >= 11 is 0. The van der Waals surface area contributed by atoms with Gasteiger partial charge >= 0.3 is 0 Å². The molecule has 0 amide bonds. The van der Waals surface area contributed by atoms with Crippen molar-refractivity contribution in [3.63, 3.8) is 0 Å². The minimum atomic E-state index is -2.51. The van der Waals surface area contributed by atoms with E-state index in [1.165, 1.54) is 5.56 Å². The van der Waals surface area contributed by atoms with Crippen molar-refractivity contribution < 1.29 is 13.9 Å². The quantitative estimate of drug-likeness (QED) is 0.871. The van der Waals surface area contributed by atoms with E-state index in [0.29, 0.717) is 19.3 Å². The molecule has 0 aromatic heterocycles. The highest BCUT2D eigenvalue weighted by Crippen LogP contribution is 2.37. The van der Waals surface area contributed by atoms with E-state index in [4.69, 9.17) is 0 Å². The van der Waals surface area contributed by atoms with Crippen molar-refractivity contribution >= 4 is 0 Å².